The van der Waals surface area contributed by atoms with Crippen LogP contribution in [0.1, 0.15) is 17.5 Å². The molecule has 0 unspecified atom stereocenters. The van der Waals surface area contributed by atoms with Gasteiger partial charge in [-0.2, -0.15) is 0 Å². The van der Waals surface area contributed by atoms with Gasteiger partial charge in [0.1, 0.15) is 13.2 Å². The second kappa shape index (κ2) is 9.59. The van der Waals surface area contributed by atoms with Gasteiger partial charge in [0.15, 0.2) is 0 Å². The summed E-state index contributed by atoms with van der Waals surface area (Å²) in [4.78, 5) is 36.8. The van der Waals surface area contributed by atoms with Gasteiger partial charge in [-0.1, -0.05) is 60.7 Å². The van der Waals surface area contributed by atoms with Crippen molar-refractivity contribution in [3.63, 3.8) is 0 Å². The fourth-order valence-electron chi connectivity index (χ4n) is 3.10. The number of amides is 2. The summed E-state index contributed by atoms with van der Waals surface area (Å²) in [7, 11) is 0. The second-order valence-corrected chi connectivity index (χ2v) is 6.67. The predicted molar refractivity (Wildman–Crippen MR) is 100 cm³/mol. The number of likely N-dealkylation sites (tertiary alicyclic amines) is 1. The third-order valence-electron chi connectivity index (χ3n) is 4.55. The van der Waals surface area contributed by atoms with Gasteiger partial charge in [-0.3, -0.25) is 4.90 Å². The summed E-state index contributed by atoms with van der Waals surface area (Å²) < 4.78 is 10.3. The maximum atomic E-state index is 12.3. The van der Waals surface area contributed by atoms with Crippen LogP contribution >= 0.6 is 0 Å². The van der Waals surface area contributed by atoms with Gasteiger partial charge in [0.05, 0.1) is 18.1 Å². The van der Waals surface area contributed by atoms with E-state index in [4.69, 9.17) is 9.47 Å². The summed E-state index contributed by atoms with van der Waals surface area (Å²) in [5.41, 5.74) is 1.61. The molecule has 2 amide bonds. The summed E-state index contributed by atoms with van der Waals surface area (Å²) in [6, 6.07) is 16.4. The normalized spacial score (nSPS) is 18.1. The lowest BCUT2D eigenvalue weighted by atomic mass is 10.2. The predicted octanol–water partition coefficient (Wildman–Crippen LogP) is 1.44. The van der Waals surface area contributed by atoms with E-state index in [1.165, 1.54) is 0 Å². The lowest BCUT2D eigenvalue weighted by molar-refractivity contribution is -0.310. The molecule has 29 heavy (non-hydrogen) atoms. The lowest BCUT2D eigenvalue weighted by Crippen LogP contribution is -2.47. The van der Waals surface area contributed by atoms with E-state index in [0.29, 0.717) is 0 Å². The summed E-state index contributed by atoms with van der Waals surface area (Å²) in [6.07, 6.45) is -1.44. The number of nitrogens with one attached hydrogen (secondary N) is 1. The van der Waals surface area contributed by atoms with Gasteiger partial charge in [-0.25, -0.2) is 9.59 Å². The molecule has 8 heteroatoms. The number of carbonyl (C=O) groups is 3. The number of rotatable bonds is 6. The fraction of sp³-hybridized carbons (Fsp3) is 0.286. The molecule has 3 rings (SSSR count). The summed E-state index contributed by atoms with van der Waals surface area (Å²) in [5, 5.41) is 14.0. The molecule has 1 aliphatic rings. The number of hydrogen-bond acceptors (Lipinski definition) is 6. The zero-order valence-electron chi connectivity index (χ0n) is 15.7. The van der Waals surface area contributed by atoms with E-state index >= 15 is 0 Å². The smallest absolute Gasteiger partial charge is 0.410 e. The molecule has 0 saturated carbocycles. The highest BCUT2D eigenvalue weighted by molar-refractivity contribution is 5.80. The average Bonchev–Trinajstić information content (AvgIpc) is 3.16. The Bertz CT molecular complexity index is 843. The van der Waals surface area contributed by atoms with Crippen molar-refractivity contribution in [3.8, 4) is 0 Å². The molecular weight excluding hydrogens is 376 g/mol. The Kier molecular flexibility index (Phi) is 6.67. The molecule has 1 aliphatic heterocycles. The Hall–Kier alpha value is -3.55. The van der Waals surface area contributed by atoms with Crippen molar-refractivity contribution in [1.29, 1.82) is 0 Å². The maximum Gasteiger partial charge on any atom is 0.410 e. The second-order valence-electron chi connectivity index (χ2n) is 6.67. The lowest BCUT2D eigenvalue weighted by Gasteiger charge is -2.24. The van der Waals surface area contributed by atoms with Crippen LogP contribution in [0.15, 0.2) is 60.7 Å². The molecule has 2 aromatic rings. The maximum absolute atomic E-state index is 12.3. The zero-order chi connectivity index (χ0) is 20.6. The zero-order valence-corrected chi connectivity index (χ0v) is 15.7. The molecule has 0 spiro atoms. The van der Waals surface area contributed by atoms with Crippen LogP contribution in [0, 0.1) is 0 Å². The quantitative estimate of drug-likeness (QED) is 0.790. The molecule has 8 nitrogen and oxygen atoms in total. The highest BCUT2D eigenvalue weighted by atomic mass is 16.6. The van der Waals surface area contributed by atoms with Gasteiger partial charge in [0, 0.05) is 6.54 Å². The highest BCUT2D eigenvalue weighted by Gasteiger charge is 2.38. The van der Waals surface area contributed by atoms with E-state index in [9.17, 15) is 19.5 Å². The monoisotopic (exact) mass is 397 g/mol. The molecule has 0 radical (unpaired) electrons. The molecule has 0 aromatic heterocycles. The molecule has 2 aromatic carbocycles. The number of carboxylic acids is 1. The van der Waals surface area contributed by atoms with Crippen LogP contribution in [0.2, 0.25) is 0 Å². The number of nitrogens with zero attached hydrogens (tertiary/aromatic N) is 1. The Morgan fingerprint density at radius 3 is 2.03 bits per heavy atom. The Morgan fingerprint density at radius 2 is 1.48 bits per heavy atom. The summed E-state index contributed by atoms with van der Waals surface area (Å²) in [5.74, 6) is -1.40. The molecule has 0 aliphatic carbocycles. The minimum absolute atomic E-state index is 0.00724. The van der Waals surface area contributed by atoms with Crippen molar-refractivity contribution in [2.24, 2.45) is 0 Å². The molecule has 1 saturated heterocycles. The minimum Gasteiger partial charge on any atom is -0.548 e. The number of hydrogen-bond donors (Lipinski definition) is 1. The van der Waals surface area contributed by atoms with Crippen molar-refractivity contribution < 1.29 is 29.0 Å². The standard InChI is InChI=1S/C21H22N2O6/c24-19(25)18-11-17(22-20(26)28-13-15-7-3-1-4-8-15)12-23(18)21(27)29-14-16-9-5-2-6-10-16/h1-10,17-18H,11-14H2,(H,22,26)(H,24,25)/p-1/t17-,18-/m1/s1. The van der Waals surface area contributed by atoms with Crippen LogP contribution in [0.3, 0.4) is 0 Å². The number of carbonyl (C=O) groups excluding carboxylic acids is 3. The van der Waals surface area contributed by atoms with Crippen LogP contribution in [0.4, 0.5) is 9.59 Å². The molecule has 152 valence electrons. The fourth-order valence-corrected chi connectivity index (χ4v) is 3.10. The van der Waals surface area contributed by atoms with Gasteiger partial charge in [-0.05, 0) is 17.5 Å². The third-order valence-corrected chi connectivity index (χ3v) is 4.55. The number of aliphatic carboxylic acids is 1. The van der Waals surface area contributed by atoms with Crippen molar-refractivity contribution in [2.75, 3.05) is 6.54 Å². The molecule has 1 heterocycles. The van der Waals surface area contributed by atoms with Crippen LogP contribution in [0.25, 0.3) is 0 Å². The number of benzene rings is 2. The molecule has 1 N–H and O–H groups in total. The van der Waals surface area contributed by atoms with Gasteiger partial charge in [0.25, 0.3) is 0 Å². The third kappa shape index (κ3) is 5.71. The van der Waals surface area contributed by atoms with E-state index in [1.54, 1.807) is 12.1 Å². The highest BCUT2D eigenvalue weighted by Crippen LogP contribution is 2.19. The Labute approximate surface area is 168 Å². The van der Waals surface area contributed by atoms with Gasteiger partial charge < -0.3 is 24.7 Å². The minimum atomic E-state index is -1.40. The van der Waals surface area contributed by atoms with Crippen LogP contribution in [-0.4, -0.2) is 41.7 Å². The first-order valence-corrected chi connectivity index (χ1v) is 9.18. The van der Waals surface area contributed by atoms with E-state index in [2.05, 4.69) is 5.32 Å². The molecule has 0 bridgehead atoms. The largest absolute Gasteiger partial charge is 0.548 e. The Balaban J connectivity index is 1.51. The van der Waals surface area contributed by atoms with E-state index < -0.39 is 30.2 Å². The molecular formula is C21H21N2O6-. The SMILES string of the molecule is O=C(N[C@@H]1C[C@H](C(=O)[O-])N(C(=O)OCc2ccccc2)C1)OCc1ccccc1. The van der Waals surface area contributed by atoms with E-state index in [0.717, 1.165) is 16.0 Å². The van der Waals surface area contributed by atoms with Crippen LogP contribution in [0.5, 0.6) is 0 Å². The molecule has 1 fully saturated rings. The molecule has 2 atom stereocenters. The Morgan fingerprint density at radius 1 is 0.931 bits per heavy atom. The first-order valence-electron chi connectivity index (χ1n) is 9.18. The van der Waals surface area contributed by atoms with Gasteiger partial charge >= 0.3 is 12.2 Å². The number of ether oxygens (including phenoxy) is 2. The number of carboxylic acid groups (broad SMARTS) is 1. The average molecular weight is 397 g/mol. The summed E-state index contributed by atoms with van der Waals surface area (Å²) >= 11 is 0. The summed E-state index contributed by atoms with van der Waals surface area (Å²) in [6.45, 7) is 0.103. The van der Waals surface area contributed by atoms with Crippen LogP contribution < -0.4 is 10.4 Å². The van der Waals surface area contributed by atoms with Gasteiger partial charge in [0.2, 0.25) is 0 Å². The van der Waals surface area contributed by atoms with Crippen molar-refractivity contribution in [3.05, 3.63) is 71.8 Å². The van der Waals surface area contributed by atoms with E-state index in [-0.39, 0.29) is 26.2 Å². The van der Waals surface area contributed by atoms with Gasteiger partial charge in [-0.15, -0.1) is 0 Å². The van der Waals surface area contributed by atoms with E-state index in [1.807, 2.05) is 48.5 Å². The first-order chi connectivity index (χ1) is 14.0. The first kappa shape index (κ1) is 20.2. The van der Waals surface area contributed by atoms with Crippen molar-refractivity contribution >= 4 is 18.2 Å². The van der Waals surface area contributed by atoms with Crippen LogP contribution in [-0.2, 0) is 27.5 Å². The number of alkyl carbamates (subject to hydrolysis) is 1. The van der Waals surface area contributed by atoms with Crippen molar-refractivity contribution in [1.82, 2.24) is 10.2 Å². The van der Waals surface area contributed by atoms with Crippen molar-refractivity contribution in [2.45, 2.75) is 31.7 Å². The topological polar surface area (TPSA) is 108 Å².